The summed E-state index contributed by atoms with van der Waals surface area (Å²) < 4.78 is 67.5. The fraction of sp³-hybridized carbons (Fsp3) is 0.714. The minimum atomic E-state index is -1.50. The maximum atomic E-state index is 14.0. The number of aliphatic hydroxyl groups is 1. The molecule has 0 bridgehead atoms. The molecule has 0 saturated carbocycles. The third kappa shape index (κ3) is 26.3. The molecule has 2 aliphatic rings. The predicted molar refractivity (Wildman–Crippen MR) is 347 cm³/mol. The van der Waals surface area contributed by atoms with Gasteiger partial charge in [-0.2, -0.15) is 0 Å². The van der Waals surface area contributed by atoms with Gasteiger partial charge in [0.2, 0.25) is 11.8 Å². The van der Waals surface area contributed by atoms with Gasteiger partial charge < -0.3 is 61.9 Å². The van der Waals surface area contributed by atoms with Gasteiger partial charge in [-0.1, -0.05) is 52.0 Å². The molecule has 2 aromatic carbocycles. The average molecular weight is 1290 g/mol. The third-order valence-corrected chi connectivity index (χ3v) is 15.4. The Bertz CT molecular complexity index is 2690. The van der Waals surface area contributed by atoms with E-state index in [2.05, 4.69) is 34.3 Å². The number of piperidine rings is 2. The highest BCUT2D eigenvalue weighted by Gasteiger charge is 2.53. The van der Waals surface area contributed by atoms with Gasteiger partial charge in [0.25, 0.3) is 0 Å². The number of nitrogens with zero attached hydrogens (tertiary/aromatic N) is 2. The molecule has 516 valence electrons. The minimum Gasteiger partial charge on any atom is -0.493 e. The van der Waals surface area contributed by atoms with E-state index in [1.54, 1.807) is 118 Å². The number of rotatable bonds is 26. The van der Waals surface area contributed by atoms with E-state index >= 15 is 0 Å². The average Bonchev–Trinajstić information content (AvgIpc) is 0.884. The SMILES string of the molecule is C=C(C)C1C[C@H](OC(=O)OC(C)(C)C)[C@H](C[C@H](Cc2ccc(OC)c(OCCCOC)c2)C(C)C)N(C(=O)OC(C)(C)C)C1=O.COCCCOc1cc(C[C@@H](C[C@H]2[C@@H](OC(=O)OC(C)(C)C)CC(C(C)(C)O)C(=O)N2C(=O)OC(C)(C)C)C(C)C)ccc1OC. The van der Waals surface area contributed by atoms with Crippen molar-refractivity contribution < 1.29 is 90.7 Å². The number of benzene rings is 2. The van der Waals surface area contributed by atoms with Crippen molar-refractivity contribution in [2.75, 3.05) is 54.9 Å². The Morgan fingerprint density at radius 2 is 0.901 bits per heavy atom. The molecule has 0 aliphatic carbocycles. The van der Waals surface area contributed by atoms with Crippen LogP contribution in [0.2, 0.25) is 0 Å². The van der Waals surface area contributed by atoms with Gasteiger partial charge >= 0.3 is 24.5 Å². The molecule has 0 radical (unpaired) electrons. The van der Waals surface area contributed by atoms with E-state index < -0.39 is 100 Å². The fourth-order valence-electron chi connectivity index (χ4n) is 10.7. The van der Waals surface area contributed by atoms with Gasteiger partial charge in [-0.15, -0.1) is 0 Å². The first-order valence-electron chi connectivity index (χ1n) is 31.9. The number of methoxy groups -OCH3 is 4. The van der Waals surface area contributed by atoms with Gasteiger partial charge in [-0.25, -0.2) is 29.0 Å². The smallest absolute Gasteiger partial charge is 0.493 e. The summed E-state index contributed by atoms with van der Waals surface area (Å²) in [4.78, 5) is 83.4. The molecule has 0 aromatic heterocycles. The van der Waals surface area contributed by atoms with Gasteiger partial charge in [0, 0.05) is 53.1 Å². The Morgan fingerprint density at radius 3 is 1.22 bits per heavy atom. The quantitative estimate of drug-likeness (QED) is 0.0398. The van der Waals surface area contributed by atoms with Crippen molar-refractivity contribution >= 4 is 36.3 Å². The molecule has 4 rings (SSSR count). The molecule has 4 amide bonds. The molecule has 2 saturated heterocycles. The van der Waals surface area contributed by atoms with E-state index in [0.29, 0.717) is 80.7 Å². The Labute approximate surface area is 543 Å². The summed E-state index contributed by atoms with van der Waals surface area (Å²) in [6, 6.07) is 9.93. The van der Waals surface area contributed by atoms with Gasteiger partial charge in [-0.05, 0) is 189 Å². The number of carbonyl (C=O) groups excluding carboxylic acids is 6. The topological polar surface area (TPSA) is 240 Å². The lowest BCUT2D eigenvalue weighted by Crippen LogP contribution is -2.62. The summed E-state index contributed by atoms with van der Waals surface area (Å²) in [7, 11) is 6.48. The lowest BCUT2D eigenvalue weighted by Gasteiger charge is -2.46. The second kappa shape index (κ2) is 34.5. The first kappa shape index (κ1) is 78.9. The molecule has 2 heterocycles. The highest BCUT2D eigenvalue weighted by Crippen LogP contribution is 2.41. The van der Waals surface area contributed by atoms with Crippen LogP contribution in [0.4, 0.5) is 19.2 Å². The van der Waals surface area contributed by atoms with Gasteiger partial charge in [0.15, 0.2) is 23.0 Å². The van der Waals surface area contributed by atoms with Crippen LogP contribution in [0.5, 0.6) is 23.0 Å². The Kier molecular flexibility index (Phi) is 30.0. The van der Waals surface area contributed by atoms with E-state index in [-0.39, 0.29) is 36.5 Å². The largest absolute Gasteiger partial charge is 0.509 e. The summed E-state index contributed by atoms with van der Waals surface area (Å²) in [6.45, 7) is 40.0. The molecule has 91 heavy (non-hydrogen) atoms. The molecule has 21 heteroatoms. The molecule has 21 nitrogen and oxygen atoms in total. The van der Waals surface area contributed by atoms with Crippen molar-refractivity contribution in [3.8, 4) is 23.0 Å². The molecule has 2 aromatic rings. The highest BCUT2D eigenvalue weighted by molar-refractivity contribution is 5.96. The molecule has 0 spiro atoms. The van der Waals surface area contributed by atoms with Crippen LogP contribution in [0.15, 0.2) is 48.6 Å². The normalized spacial score (nSPS) is 19.8. The van der Waals surface area contributed by atoms with Gasteiger partial charge in [0.05, 0.1) is 57.0 Å². The first-order chi connectivity index (χ1) is 42.0. The van der Waals surface area contributed by atoms with Gasteiger partial charge in [-0.3, -0.25) is 9.59 Å². The monoisotopic (exact) mass is 1280 g/mol. The molecular weight excluding hydrogens is 1170 g/mol. The maximum absolute atomic E-state index is 14.0. The van der Waals surface area contributed by atoms with E-state index in [9.17, 15) is 33.9 Å². The van der Waals surface area contributed by atoms with Crippen molar-refractivity contribution in [2.45, 2.75) is 235 Å². The van der Waals surface area contributed by atoms with Crippen molar-refractivity contribution in [3.63, 3.8) is 0 Å². The van der Waals surface area contributed by atoms with E-state index in [4.69, 9.17) is 56.8 Å². The second-order valence-corrected chi connectivity index (χ2v) is 29.1. The zero-order valence-electron chi connectivity index (χ0n) is 59.1. The Balaban J connectivity index is 0.000000475. The number of likely N-dealkylation sites (tertiary alicyclic amines) is 2. The molecule has 2 aliphatic heterocycles. The lowest BCUT2D eigenvalue weighted by molar-refractivity contribution is -0.162. The number of ether oxygens (including phenoxy) is 12. The number of hydrogen-bond acceptors (Lipinski definition) is 19. The summed E-state index contributed by atoms with van der Waals surface area (Å²) in [5, 5.41) is 11.0. The number of hydrogen-bond donors (Lipinski definition) is 1. The third-order valence-electron chi connectivity index (χ3n) is 15.4. The second-order valence-electron chi connectivity index (χ2n) is 29.1. The summed E-state index contributed by atoms with van der Waals surface area (Å²) >= 11 is 0. The number of imide groups is 2. The van der Waals surface area contributed by atoms with Crippen LogP contribution >= 0.6 is 0 Å². The van der Waals surface area contributed by atoms with Crippen LogP contribution in [0.1, 0.15) is 181 Å². The Hall–Kier alpha value is -6.32. The standard InChI is InChI=1S/C35H57NO10.C35H55NO9/c1-22(2)24(18-23-14-15-27(42-12)29(19-23)43-17-13-16-41-11)20-26-28(44-32(39)46-34(6,7)8)21-25(35(9,10)40)30(37)36(26)31(38)45-33(3,4)5;1-22(2)25(18-24-14-15-28(41-12)30(19-24)42-17-13-16-40-11)20-27-29(43-33(39)45-35(8,9)10)21-26(23(3)4)31(37)36(27)32(38)44-34(5,6)7/h14-15,19,22,24-26,28,40H,13,16-18,20-21H2,1-12H3;14-15,19,22,25-27,29H,3,13,16-18,20-21H2,1-2,4-12H3/t24-,25?,26-,28-;25-,26?,27-,29-/m00/s1. The van der Waals surface area contributed by atoms with E-state index in [1.165, 1.54) is 13.8 Å². The summed E-state index contributed by atoms with van der Waals surface area (Å²) in [5.41, 5.74) is -2.30. The van der Waals surface area contributed by atoms with Crippen molar-refractivity contribution in [2.24, 2.45) is 35.5 Å². The number of carbonyl (C=O) groups is 6. The van der Waals surface area contributed by atoms with E-state index in [1.807, 2.05) is 36.4 Å². The number of amides is 4. The van der Waals surface area contributed by atoms with Crippen LogP contribution in [-0.2, 0) is 60.3 Å². The molecule has 1 N–H and O–H groups in total. The lowest BCUT2D eigenvalue weighted by atomic mass is 9.75. The molecular formula is C70H112N2O19. The van der Waals surface area contributed by atoms with Crippen LogP contribution in [0.3, 0.4) is 0 Å². The van der Waals surface area contributed by atoms with Crippen LogP contribution in [0.25, 0.3) is 0 Å². The van der Waals surface area contributed by atoms with Crippen molar-refractivity contribution in [1.82, 2.24) is 9.80 Å². The van der Waals surface area contributed by atoms with Gasteiger partial charge in [0.1, 0.15) is 34.6 Å². The van der Waals surface area contributed by atoms with Crippen LogP contribution in [-0.4, -0.2) is 158 Å². The minimum absolute atomic E-state index is 0.0123. The van der Waals surface area contributed by atoms with Crippen LogP contribution < -0.4 is 18.9 Å². The summed E-state index contributed by atoms with van der Waals surface area (Å²) in [5.74, 6) is -0.0872. The fourth-order valence-corrected chi connectivity index (χ4v) is 10.7. The highest BCUT2D eigenvalue weighted by atomic mass is 16.7. The summed E-state index contributed by atoms with van der Waals surface area (Å²) in [6.07, 6.45) is -1.65. The zero-order chi connectivity index (χ0) is 69.1. The van der Waals surface area contributed by atoms with Crippen molar-refractivity contribution in [1.29, 1.82) is 0 Å². The van der Waals surface area contributed by atoms with Crippen molar-refractivity contribution in [3.05, 3.63) is 59.7 Å². The molecule has 2 fully saturated rings. The van der Waals surface area contributed by atoms with Crippen LogP contribution in [0, 0.1) is 35.5 Å². The predicted octanol–water partition coefficient (Wildman–Crippen LogP) is 13.9. The molecule has 8 atom stereocenters. The van der Waals surface area contributed by atoms with E-state index in [0.717, 1.165) is 33.8 Å². The molecule has 2 unspecified atom stereocenters. The first-order valence-corrected chi connectivity index (χ1v) is 31.9. The Morgan fingerprint density at radius 1 is 0.538 bits per heavy atom. The zero-order valence-corrected chi connectivity index (χ0v) is 59.1. The maximum Gasteiger partial charge on any atom is 0.509 e.